The number of piperidine rings is 1. The Balaban J connectivity index is 1.29. The van der Waals surface area contributed by atoms with Crippen LogP contribution in [-0.2, 0) is 12.8 Å². The van der Waals surface area contributed by atoms with Crippen molar-refractivity contribution in [2.45, 2.75) is 32.1 Å². The number of carbonyl (C=O) groups is 1. The second kappa shape index (κ2) is 8.87. The fraction of sp³-hybridized carbons (Fsp3) is 0.458. The maximum atomic E-state index is 13.9. The summed E-state index contributed by atoms with van der Waals surface area (Å²) in [5, 5.41) is 3.41. The lowest BCUT2D eigenvalue weighted by molar-refractivity contribution is 0.0690. The Morgan fingerprint density at radius 3 is 2.39 bits per heavy atom. The van der Waals surface area contributed by atoms with Crippen molar-refractivity contribution in [1.29, 1.82) is 0 Å². The predicted molar refractivity (Wildman–Crippen MR) is 110 cm³/mol. The van der Waals surface area contributed by atoms with E-state index in [2.05, 4.69) is 17.4 Å². The predicted octanol–water partition coefficient (Wildman–Crippen LogP) is 4.07. The molecule has 0 radical (unpaired) electrons. The number of benzene rings is 2. The van der Waals surface area contributed by atoms with Crippen LogP contribution in [0.15, 0.2) is 48.5 Å². The Morgan fingerprint density at radius 1 is 0.964 bits per heavy atom. The largest absolute Gasteiger partial charge is 0.339 e. The Bertz CT molecular complexity index is 791. The zero-order valence-corrected chi connectivity index (χ0v) is 16.4. The van der Waals surface area contributed by atoms with E-state index in [4.69, 9.17) is 0 Å². The van der Waals surface area contributed by atoms with E-state index >= 15 is 0 Å². The first-order chi connectivity index (χ1) is 13.7. The Kier molecular flexibility index (Phi) is 6.06. The third-order valence-corrected chi connectivity index (χ3v) is 6.26. The molecule has 2 aliphatic rings. The maximum Gasteiger partial charge on any atom is 0.253 e. The molecule has 0 saturated carbocycles. The lowest BCUT2D eigenvalue weighted by Gasteiger charge is -2.32. The van der Waals surface area contributed by atoms with Gasteiger partial charge in [0.15, 0.2) is 0 Å². The van der Waals surface area contributed by atoms with Crippen LogP contribution in [0.3, 0.4) is 0 Å². The number of amides is 1. The number of nitrogens with one attached hydrogen (secondary N) is 1. The molecule has 2 heterocycles. The topological polar surface area (TPSA) is 32.3 Å². The van der Waals surface area contributed by atoms with Gasteiger partial charge in [-0.2, -0.15) is 0 Å². The molecule has 0 spiro atoms. The Hall–Kier alpha value is -2.20. The molecule has 1 amide bonds. The molecule has 1 N–H and O–H groups in total. The fourth-order valence-corrected chi connectivity index (χ4v) is 4.50. The van der Waals surface area contributed by atoms with Gasteiger partial charge in [-0.25, -0.2) is 4.39 Å². The molecule has 4 rings (SSSR count). The Morgan fingerprint density at radius 2 is 1.71 bits per heavy atom. The number of likely N-dealkylation sites (tertiary alicyclic amines) is 1. The molecule has 2 aromatic rings. The third-order valence-electron chi connectivity index (χ3n) is 6.26. The molecule has 1 atom stereocenters. The molecule has 148 valence electrons. The number of nitrogens with zero attached hydrogens (tertiary/aromatic N) is 1. The highest BCUT2D eigenvalue weighted by molar-refractivity contribution is 5.94. The minimum atomic E-state index is -0.116. The van der Waals surface area contributed by atoms with Crippen LogP contribution in [0.5, 0.6) is 0 Å². The number of rotatable bonds is 5. The summed E-state index contributed by atoms with van der Waals surface area (Å²) < 4.78 is 13.9. The van der Waals surface area contributed by atoms with Crippen LogP contribution in [0, 0.1) is 17.7 Å². The van der Waals surface area contributed by atoms with E-state index in [0.29, 0.717) is 5.92 Å². The van der Waals surface area contributed by atoms with E-state index in [-0.39, 0.29) is 11.7 Å². The van der Waals surface area contributed by atoms with Crippen LogP contribution in [0.2, 0.25) is 0 Å². The molecule has 0 bridgehead atoms. The third kappa shape index (κ3) is 4.61. The molecular weight excluding hydrogens is 351 g/mol. The van der Waals surface area contributed by atoms with Crippen molar-refractivity contribution in [2.24, 2.45) is 11.8 Å². The van der Waals surface area contributed by atoms with Gasteiger partial charge in [-0.15, -0.1) is 0 Å². The van der Waals surface area contributed by atoms with Crippen LogP contribution in [-0.4, -0.2) is 37.0 Å². The van der Waals surface area contributed by atoms with Crippen molar-refractivity contribution in [1.82, 2.24) is 10.2 Å². The highest BCUT2D eigenvalue weighted by Crippen LogP contribution is 2.24. The van der Waals surface area contributed by atoms with Crippen molar-refractivity contribution in [3.8, 4) is 0 Å². The Labute approximate surface area is 166 Å². The van der Waals surface area contributed by atoms with Gasteiger partial charge in [0, 0.05) is 18.7 Å². The van der Waals surface area contributed by atoms with Gasteiger partial charge in [-0.3, -0.25) is 4.79 Å². The van der Waals surface area contributed by atoms with Gasteiger partial charge in [0.2, 0.25) is 0 Å². The van der Waals surface area contributed by atoms with Gasteiger partial charge in [0.05, 0.1) is 0 Å². The van der Waals surface area contributed by atoms with Crippen molar-refractivity contribution < 1.29 is 9.18 Å². The van der Waals surface area contributed by atoms with E-state index in [1.54, 1.807) is 6.07 Å². The maximum absolute atomic E-state index is 13.9. The molecule has 0 aliphatic carbocycles. The first-order valence-electron chi connectivity index (χ1n) is 10.5. The number of carbonyl (C=O) groups excluding carboxylic acids is 1. The summed E-state index contributed by atoms with van der Waals surface area (Å²) >= 11 is 0. The smallest absolute Gasteiger partial charge is 0.253 e. The number of hydrogen-bond donors (Lipinski definition) is 1. The highest BCUT2D eigenvalue weighted by Gasteiger charge is 2.24. The van der Waals surface area contributed by atoms with Gasteiger partial charge in [0.25, 0.3) is 5.91 Å². The van der Waals surface area contributed by atoms with E-state index in [1.807, 2.05) is 29.2 Å². The average molecular weight is 381 g/mol. The van der Waals surface area contributed by atoms with E-state index < -0.39 is 0 Å². The van der Waals surface area contributed by atoms with Gasteiger partial charge in [-0.05, 0) is 86.4 Å². The summed E-state index contributed by atoms with van der Waals surface area (Å²) in [5.41, 5.74) is 2.88. The molecule has 2 fully saturated rings. The number of halogens is 1. The molecule has 2 aliphatic heterocycles. The van der Waals surface area contributed by atoms with Crippen LogP contribution in [0.25, 0.3) is 0 Å². The highest BCUT2D eigenvalue weighted by atomic mass is 19.1. The summed E-state index contributed by atoms with van der Waals surface area (Å²) in [6.07, 6.45) is 4.96. The van der Waals surface area contributed by atoms with E-state index in [1.165, 1.54) is 18.1 Å². The molecule has 4 heteroatoms. The molecular formula is C24H29FN2O. The average Bonchev–Trinajstić information content (AvgIpc) is 3.23. The molecule has 1 unspecified atom stereocenters. The molecule has 2 saturated heterocycles. The molecule has 2 aromatic carbocycles. The van der Waals surface area contributed by atoms with Gasteiger partial charge in [0.1, 0.15) is 5.82 Å². The molecule has 3 nitrogen and oxygen atoms in total. The van der Waals surface area contributed by atoms with Crippen molar-refractivity contribution >= 4 is 5.91 Å². The summed E-state index contributed by atoms with van der Waals surface area (Å²) in [5.74, 6) is 1.17. The van der Waals surface area contributed by atoms with Crippen molar-refractivity contribution in [2.75, 3.05) is 26.2 Å². The van der Waals surface area contributed by atoms with E-state index in [9.17, 15) is 9.18 Å². The first kappa shape index (κ1) is 19.1. The zero-order valence-electron chi connectivity index (χ0n) is 16.4. The monoisotopic (exact) mass is 380 g/mol. The zero-order chi connectivity index (χ0) is 19.3. The summed E-state index contributed by atoms with van der Waals surface area (Å²) in [6.45, 7) is 3.73. The van der Waals surface area contributed by atoms with Crippen LogP contribution >= 0.6 is 0 Å². The van der Waals surface area contributed by atoms with Crippen molar-refractivity contribution in [3.63, 3.8) is 0 Å². The first-order valence-corrected chi connectivity index (χ1v) is 10.5. The van der Waals surface area contributed by atoms with Crippen LogP contribution < -0.4 is 5.32 Å². The normalized spacial score (nSPS) is 20.5. The summed E-state index contributed by atoms with van der Waals surface area (Å²) in [7, 11) is 0. The summed E-state index contributed by atoms with van der Waals surface area (Å²) in [4.78, 5) is 14.8. The fourth-order valence-electron chi connectivity index (χ4n) is 4.50. The molecule has 28 heavy (non-hydrogen) atoms. The quantitative estimate of drug-likeness (QED) is 0.848. The van der Waals surface area contributed by atoms with Gasteiger partial charge < -0.3 is 10.2 Å². The molecule has 0 aromatic heterocycles. The van der Waals surface area contributed by atoms with Gasteiger partial charge >= 0.3 is 0 Å². The lowest BCUT2D eigenvalue weighted by atomic mass is 9.89. The number of hydrogen-bond acceptors (Lipinski definition) is 2. The van der Waals surface area contributed by atoms with Crippen LogP contribution in [0.4, 0.5) is 4.39 Å². The van der Waals surface area contributed by atoms with E-state index in [0.717, 1.165) is 68.9 Å². The second-order valence-corrected chi connectivity index (χ2v) is 8.29. The standard InChI is InChI=1S/C24H29FN2O/c25-23-4-2-1-3-22(23)16-19-10-13-27(14-11-19)24(28)21-7-5-18(6-8-21)15-20-9-12-26-17-20/h1-8,19-20,26H,9-17H2. The minimum Gasteiger partial charge on any atom is -0.339 e. The van der Waals surface area contributed by atoms with Crippen LogP contribution in [0.1, 0.15) is 40.7 Å². The summed E-state index contributed by atoms with van der Waals surface area (Å²) in [6, 6.07) is 15.2. The van der Waals surface area contributed by atoms with Crippen molar-refractivity contribution in [3.05, 3.63) is 71.0 Å². The van der Waals surface area contributed by atoms with Gasteiger partial charge in [-0.1, -0.05) is 30.3 Å². The lowest BCUT2D eigenvalue weighted by Crippen LogP contribution is -2.39. The second-order valence-electron chi connectivity index (χ2n) is 8.29. The SMILES string of the molecule is O=C(c1ccc(CC2CCNC2)cc1)N1CCC(Cc2ccccc2F)CC1. The minimum absolute atomic E-state index is 0.116.